The number of fused-ring (bicyclic) bond motifs is 2. The van der Waals surface area contributed by atoms with Crippen molar-refractivity contribution in [3.8, 4) is 0 Å². The maximum absolute atomic E-state index is 11.9. The molecule has 0 unspecified atom stereocenters. The van der Waals surface area contributed by atoms with Crippen LogP contribution in [0.4, 0.5) is 0 Å². The number of piperidine rings is 1. The lowest BCUT2D eigenvalue weighted by Gasteiger charge is -2.42. The Bertz CT molecular complexity index is 332. The highest BCUT2D eigenvalue weighted by atomic mass is 16.7. The largest absolute Gasteiger partial charge is 0.368 e. The van der Waals surface area contributed by atoms with Crippen molar-refractivity contribution in [2.24, 2.45) is 5.73 Å². The Hall–Kier alpha value is -0.690. The zero-order valence-electron chi connectivity index (χ0n) is 12.4. The van der Waals surface area contributed by atoms with E-state index in [-0.39, 0.29) is 12.2 Å². The fourth-order valence-electron chi connectivity index (χ4n) is 3.48. The summed E-state index contributed by atoms with van der Waals surface area (Å²) in [6.45, 7) is 2.28. The first-order valence-corrected chi connectivity index (χ1v) is 7.28. The van der Waals surface area contributed by atoms with Crippen molar-refractivity contribution in [2.45, 2.75) is 43.6 Å². The van der Waals surface area contributed by atoms with Gasteiger partial charge in [0.25, 0.3) is 0 Å². The van der Waals surface area contributed by atoms with Gasteiger partial charge in [-0.05, 0) is 32.1 Å². The lowest BCUT2D eigenvalue weighted by Crippen LogP contribution is -2.59. The first kappa shape index (κ1) is 15.7. The van der Waals surface area contributed by atoms with Crippen LogP contribution in [-0.4, -0.2) is 62.5 Å². The van der Waals surface area contributed by atoms with Gasteiger partial charge in [0.05, 0.1) is 0 Å². The number of rotatable bonds is 8. The average molecular weight is 284 g/mol. The van der Waals surface area contributed by atoms with Gasteiger partial charge in [0.15, 0.2) is 6.29 Å². The van der Waals surface area contributed by atoms with Crippen molar-refractivity contribution in [3.05, 3.63) is 6.42 Å². The minimum Gasteiger partial charge on any atom is -0.368 e. The number of hydrogen-bond donors (Lipinski definition) is 2. The number of amides is 1. The van der Waals surface area contributed by atoms with Gasteiger partial charge in [-0.3, -0.25) is 9.69 Å². The molecule has 2 aliphatic heterocycles. The summed E-state index contributed by atoms with van der Waals surface area (Å²) in [7, 11) is 3.25. The summed E-state index contributed by atoms with van der Waals surface area (Å²) in [6, 6.07) is 0.471. The topological polar surface area (TPSA) is 76.8 Å². The normalized spacial score (nSPS) is 30.1. The van der Waals surface area contributed by atoms with Gasteiger partial charge in [-0.1, -0.05) is 0 Å². The first-order valence-electron chi connectivity index (χ1n) is 7.28. The van der Waals surface area contributed by atoms with Crippen LogP contribution in [0.2, 0.25) is 0 Å². The van der Waals surface area contributed by atoms with Crippen molar-refractivity contribution < 1.29 is 14.3 Å². The fourth-order valence-corrected chi connectivity index (χ4v) is 3.48. The Morgan fingerprint density at radius 3 is 2.95 bits per heavy atom. The molecule has 1 radical (unpaired) electrons. The molecule has 20 heavy (non-hydrogen) atoms. The second-order valence-electron chi connectivity index (χ2n) is 5.62. The average Bonchev–Trinajstić information content (AvgIpc) is 2.66. The molecule has 2 rings (SSSR count). The van der Waals surface area contributed by atoms with Crippen LogP contribution < -0.4 is 11.1 Å². The minimum absolute atomic E-state index is 0.178. The molecule has 2 aliphatic rings. The Kier molecular flexibility index (Phi) is 5.37. The number of carbonyl (C=O) groups excluding carboxylic acids is 1. The predicted molar refractivity (Wildman–Crippen MR) is 75.9 cm³/mol. The van der Waals surface area contributed by atoms with Gasteiger partial charge in [0, 0.05) is 39.9 Å². The maximum atomic E-state index is 11.9. The van der Waals surface area contributed by atoms with E-state index in [0.29, 0.717) is 12.6 Å². The molecule has 2 saturated heterocycles. The summed E-state index contributed by atoms with van der Waals surface area (Å²) in [6.07, 6.45) is 5.80. The number of ether oxygens (including phenoxy) is 2. The minimum atomic E-state index is -0.438. The molecule has 0 aromatic heterocycles. The number of nitrogens with two attached hydrogens (primary N) is 1. The monoisotopic (exact) mass is 284 g/mol. The second kappa shape index (κ2) is 6.85. The van der Waals surface area contributed by atoms with Gasteiger partial charge in [-0.15, -0.1) is 0 Å². The molecule has 2 bridgehead atoms. The maximum Gasteiger partial charge on any atom is 0.237 e. The Labute approximate surface area is 121 Å². The molecule has 0 aliphatic carbocycles. The van der Waals surface area contributed by atoms with E-state index in [2.05, 4.69) is 16.6 Å². The lowest BCUT2D eigenvalue weighted by molar-refractivity contribution is -0.130. The van der Waals surface area contributed by atoms with Crippen LogP contribution in [0.5, 0.6) is 0 Å². The van der Waals surface area contributed by atoms with E-state index in [4.69, 9.17) is 15.2 Å². The molecule has 6 heteroatoms. The van der Waals surface area contributed by atoms with Gasteiger partial charge in [-0.25, -0.2) is 0 Å². The molecular formula is C14H26N3O3. The zero-order chi connectivity index (χ0) is 14.6. The van der Waals surface area contributed by atoms with Crippen molar-refractivity contribution in [1.29, 1.82) is 0 Å². The molecule has 2 fully saturated rings. The standard InChI is InChI=1S/C14H26N3O3/c1-19-12(20-2)10-16-8-9-17-11-4-3-6-14(17,7-5-11)13(15)18/h3,11-12,16H,4-10H2,1-2H3,(H2,15,18)/t11-,14+/m1/s1. The van der Waals surface area contributed by atoms with Crippen molar-refractivity contribution >= 4 is 5.91 Å². The van der Waals surface area contributed by atoms with E-state index in [1.54, 1.807) is 14.2 Å². The molecule has 0 aromatic rings. The van der Waals surface area contributed by atoms with Gasteiger partial charge in [-0.2, -0.15) is 0 Å². The third-order valence-corrected chi connectivity index (χ3v) is 4.63. The highest BCUT2D eigenvalue weighted by Crippen LogP contribution is 2.43. The lowest BCUT2D eigenvalue weighted by atomic mass is 9.87. The number of hydrogen-bond acceptors (Lipinski definition) is 5. The summed E-state index contributed by atoms with van der Waals surface area (Å²) in [5.41, 5.74) is 5.23. The molecule has 2 heterocycles. The molecule has 1 amide bonds. The summed E-state index contributed by atoms with van der Waals surface area (Å²) >= 11 is 0. The SMILES string of the molecule is COC(CNCCN1[C@@H]2C[CH]C[C@@]1(C(N)=O)CC2)OC. The summed E-state index contributed by atoms with van der Waals surface area (Å²) < 4.78 is 10.3. The fraction of sp³-hybridized carbons (Fsp3) is 0.857. The van der Waals surface area contributed by atoms with E-state index < -0.39 is 5.54 Å². The summed E-state index contributed by atoms with van der Waals surface area (Å²) in [5.74, 6) is -0.178. The van der Waals surface area contributed by atoms with Crippen LogP contribution in [0.25, 0.3) is 0 Å². The van der Waals surface area contributed by atoms with E-state index in [1.165, 1.54) is 0 Å². The van der Waals surface area contributed by atoms with E-state index in [1.807, 2.05) is 0 Å². The zero-order valence-corrected chi connectivity index (χ0v) is 12.4. The molecular weight excluding hydrogens is 258 g/mol. The number of nitrogens with one attached hydrogen (secondary N) is 1. The van der Waals surface area contributed by atoms with Crippen LogP contribution in [0.3, 0.4) is 0 Å². The second-order valence-corrected chi connectivity index (χ2v) is 5.62. The number of primary amides is 1. The van der Waals surface area contributed by atoms with Crippen LogP contribution in [-0.2, 0) is 14.3 Å². The van der Waals surface area contributed by atoms with Crippen LogP contribution in [0.15, 0.2) is 0 Å². The predicted octanol–water partition coefficient (Wildman–Crippen LogP) is -0.119. The molecule has 6 nitrogen and oxygen atoms in total. The van der Waals surface area contributed by atoms with E-state index in [9.17, 15) is 4.79 Å². The number of carbonyl (C=O) groups is 1. The molecule has 0 saturated carbocycles. The van der Waals surface area contributed by atoms with Crippen molar-refractivity contribution in [1.82, 2.24) is 10.2 Å². The Balaban J connectivity index is 1.84. The number of nitrogens with zero attached hydrogens (tertiary/aromatic N) is 1. The van der Waals surface area contributed by atoms with Crippen LogP contribution in [0, 0.1) is 6.42 Å². The van der Waals surface area contributed by atoms with Gasteiger partial charge in [0.2, 0.25) is 5.91 Å². The highest BCUT2D eigenvalue weighted by molar-refractivity contribution is 5.85. The van der Waals surface area contributed by atoms with Gasteiger partial charge in [0.1, 0.15) is 5.54 Å². The van der Waals surface area contributed by atoms with Crippen molar-refractivity contribution in [3.63, 3.8) is 0 Å². The van der Waals surface area contributed by atoms with Crippen LogP contribution in [0.1, 0.15) is 25.7 Å². The third-order valence-electron chi connectivity index (χ3n) is 4.63. The smallest absolute Gasteiger partial charge is 0.237 e. The molecule has 115 valence electrons. The summed E-state index contributed by atoms with van der Waals surface area (Å²) in [5, 5.41) is 3.31. The Morgan fingerprint density at radius 2 is 2.30 bits per heavy atom. The quantitative estimate of drug-likeness (QED) is 0.480. The first-order chi connectivity index (χ1) is 9.64. The number of methoxy groups -OCH3 is 2. The highest BCUT2D eigenvalue weighted by Gasteiger charge is 2.52. The molecule has 0 spiro atoms. The summed E-state index contributed by atoms with van der Waals surface area (Å²) in [4.78, 5) is 14.2. The third kappa shape index (κ3) is 2.98. The Morgan fingerprint density at radius 1 is 1.55 bits per heavy atom. The molecule has 2 atom stereocenters. The van der Waals surface area contributed by atoms with E-state index in [0.717, 1.165) is 38.8 Å². The molecule has 3 N–H and O–H groups in total. The van der Waals surface area contributed by atoms with Crippen LogP contribution >= 0.6 is 0 Å². The van der Waals surface area contributed by atoms with Gasteiger partial charge >= 0.3 is 0 Å². The van der Waals surface area contributed by atoms with Gasteiger partial charge < -0.3 is 20.5 Å². The van der Waals surface area contributed by atoms with Crippen molar-refractivity contribution in [2.75, 3.05) is 33.9 Å². The van der Waals surface area contributed by atoms with E-state index >= 15 is 0 Å². The molecule has 0 aromatic carbocycles.